The zero-order chi connectivity index (χ0) is 9.26. The zero-order valence-electron chi connectivity index (χ0n) is 6.93. The number of hydrogen-bond acceptors (Lipinski definition) is 5. The molecule has 2 heterocycles. The van der Waals surface area contributed by atoms with Gasteiger partial charge in [0.1, 0.15) is 12.1 Å². The van der Waals surface area contributed by atoms with Crippen molar-refractivity contribution in [2.24, 2.45) is 7.05 Å². The van der Waals surface area contributed by atoms with Crippen LogP contribution in [0.2, 0.25) is 0 Å². The number of rotatable bonds is 2. The molecule has 0 aliphatic rings. The first-order chi connectivity index (χ1) is 6.27. The Morgan fingerprint density at radius 2 is 2.46 bits per heavy atom. The third-order valence-electron chi connectivity index (χ3n) is 1.50. The second kappa shape index (κ2) is 3.09. The Balaban J connectivity index is 2.24. The normalized spacial score (nSPS) is 10.5. The summed E-state index contributed by atoms with van der Waals surface area (Å²) in [7, 11) is 1.87. The molecule has 3 N–H and O–H groups in total. The van der Waals surface area contributed by atoms with E-state index >= 15 is 0 Å². The Morgan fingerprint density at radius 3 is 3.00 bits per heavy atom. The molecule has 0 atom stereocenters. The van der Waals surface area contributed by atoms with Gasteiger partial charge in [-0.15, -0.1) is 10.2 Å². The zero-order valence-corrected chi connectivity index (χ0v) is 7.75. The SMILES string of the molecule is Cn1cnnc1Sc1cn[nH]c1N. The fourth-order valence-corrected chi connectivity index (χ4v) is 1.57. The molecule has 0 bridgehead atoms. The van der Waals surface area contributed by atoms with E-state index < -0.39 is 0 Å². The monoisotopic (exact) mass is 196 g/mol. The molecule has 0 aliphatic heterocycles. The summed E-state index contributed by atoms with van der Waals surface area (Å²) in [6.07, 6.45) is 3.30. The number of hydrogen-bond donors (Lipinski definition) is 2. The Morgan fingerprint density at radius 1 is 1.62 bits per heavy atom. The molecule has 0 spiro atoms. The van der Waals surface area contributed by atoms with Crippen LogP contribution in [0.25, 0.3) is 0 Å². The van der Waals surface area contributed by atoms with Gasteiger partial charge in [0.25, 0.3) is 0 Å². The van der Waals surface area contributed by atoms with Crippen molar-refractivity contribution in [3.63, 3.8) is 0 Å². The van der Waals surface area contributed by atoms with Gasteiger partial charge in [0, 0.05) is 7.05 Å². The Labute approximate surface area is 78.5 Å². The molecule has 0 aromatic carbocycles. The Bertz CT molecular complexity index is 366. The van der Waals surface area contributed by atoms with Gasteiger partial charge < -0.3 is 10.3 Å². The molecule has 0 unspecified atom stereocenters. The minimum atomic E-state index is 0.549. The lowest BCUT2D eigenvalue weighted by atomic mass is 10.7. The number of aromatic nitrogens is 5. The summed E-state index contributed by atoms with van der Waals surface area (Å²) in [5.74, 6) is 0.549. The van der Waals surface area contributed by atoms with E-state index in [-0.39, 0.29) is 0 Å². The fourth-order valence-electron chi connectivity index (χ4n) is 0.830. The van der Waals surface area contributed by atoms with E-state index in [2.05, 4.69) is 20.4 Å². The molecule has 68 valence electrons. The highest BCUT2D eigenvalue weighted by Gasteiger charge is 2.07. The topological polar surface area (TPSA) is 85.4 Å². The van der Waals surface area contributed by atoms with Crippen LogP contribution in [0.4, 0.5) is 5.82 Å². The molecule has 2 rings (SSSR count). The van der Waals surface area contributed by atoms with Crippen LogP contribution in [0.15, 0.2) is 22.6 Å². The van der Waals surface area contributed by atoms with E-state index in [9.17, 15) is 0 Å². The molecule has 0 saturated heterocycles. The maximum Gasteiger partial charge on any atom is 0.195 e. The lowest BCUT2D eigenvalue weighted by Gasteiger charge is -1.96. The van der Waals surface area contributed by atoms with Gasteiger partial charge in [-0.2, -0.15) is 5.10 Å². The number of H-pyrrole nitrogens is 1. The number of nitrogens with zero attached hydrogens (tertiary/aromatic N) is 4. The molecule has 0 radical (unpaired) electrons. The predicted molar refractivity (Wildman–Crippen MR) is 48.1 cm³/mol. The molecular formula is C6H8N6S. The van der Waals surface area contributed by atoms with Gasteiger partial charge in [0.05, 0.1) is 11.1 Å². The second-order valence-electron chi connectivity index (χ2n) is 2.47. The van der Waals surface area contributed by atoms with Crippen LogP contribution in [0.1, 0.15) is 0 Å². The average molecular weight is 196 g/mol. The van der Waals surface area contributed by atoms with Gasteiger partial charge in [-0.25, -0.2) is 0 Å². The minimum absolute atomic E-state index is 0.549. The summed E-state index contributed by atoms with van der Waals surface area (Å²) in [6.45, 7) is 0. The van der Waals surface area contributed by atoms with Crippen molar-refractivity contribution in [3.05, 3.63) is 12.5 Å². The van der Waals surface area contributed by atoms with E-state index in [0.29, 0.717) is 5.82 Å². The van der Waals surface area contributed by atoms with Gasteiger partial charge in [-0.3, -0.25) is 5.10 Å². The highest BCUT2D eigenvalue weighted by atomic mass is 32.2. The van der Waals surface area contributed by atoms with Crippen LogP contribution in [0.5, 0.6) is 0 Å². The fraction of sp³-hybridized carbons (Fsp3) is 0.167. The maximum atomic E-state index is 5.61. The first kappa shape index (κ1) is 8.11. The molecule has 13 heavy (non-hydrogen) atoms. The minimum Gasteiger partial charge on any atom is -0.383 e. The molecule has 0 saturated carbocycles. The van der Waals surface area contributed by atoms with Gasteiger partial charge >= 0.3 is 0 Å². The number of nitrogens with one attached hydrogen (secondary N) is 1. The number of anilines is 1. The standard InChI is InChI=1S/C6H8N6S/c1-12-3-9-11-6(12)13-4-2-8-10-5(4)7/h2-3H,1H3,(H3,7,8,10). The van der Waals surface area contributed by atoms with E-state index in [4.69, 9.17) is 5.73 Å². The van der Waals surface area contributed by atoms with Crippen LogP contribution < -0.4 is 5.73 Å². The van der Waals surface area contributed by atoms with Crippen LogP contribution >= 0.6 is 11.8 Å². The third kappa shape index (κ3) is 1.50. The second-order valence-corrected chi connectivity index (χ2v) is 3.48. The lowest BCUT2D eigenvalue weighted by molar-refractivity contribution is 0.789. The molecular weight excluding hydrogens is 188 g/mol. The van der Waals surface area contributed by atoms with Crippen LogP contribution in [0.3, 0.4) is 0 Å². The van der Waals surface area contributed by atoms with Gasteiger partial charge in [-0.05, 0) is 11.8 Å². The Hall–Kier alpha value is -1.50. The van der Waals surface area contributed by atoms with Crippen molar-refractivity contribution in [2.45, 2.75) is 10.1 Å². The van der Waals surface area contributed by atoms with Crippen molar-refractivity contribution in [1.82, 2.24) is 25.0 Å². The summed E-state index contributed by atoms with van der Waals surface area (Å²) in [5, 5.41) is 14.9. The van der Waals surface area contributed by atoms with Crippen LogP contribution in [-0.4, -0.2) is 25.0 Å². The average Bonchev–Trinajstić information content (AvgIpc) is 2.65. The summed E-state index contributed by atoms with van der Waals surface area (Å²) in [6, 6.07) is 0. The Kier molecular flexibility index (Phi) is 1.93. The summed E-state index contributed by atoms with van der Waals surface area (Å²) in [4.78, 5) is 0.858. The molecule has 6 nitrogen and oxygen atoms in total. The maximum absolute atomic E-state index is 5.61. The first-order valence-electron chi connectivity index (χ1n) is 3.58. The first-order valence-corrected chi connectivity index (χ1v) is 4.39. The highest BCUT2D eigenvalue weighted by molar-refractivity contribution is 7.99. The van der Waals surface area contributed by atoms with Crippen molar-refractivity contribution in [3.8, 4) is 0 Å². The molecule has 0 fully saturated rings. The summed E-state index contributed by atoms with van der Waals surface area (Å²) >= 11 is 1.42. The lowest BCUT2D eigenvalue weighted by Crippen LogP contribution is -1.90. The smallest absolute Gasteiger partial charge is 0.195 e. The van der Waals surface area contributed by atoms with Crippen LogP contribution in [-0.2, 0) is 7.05 Å². The largest absolute Gasteiger partial charge is 0.383 e. The summed E-state index contributed by atoms with van der Waals surface area (Å²) < 4.78 is 1.82. The highest BCUT2D eigenvalue weighted by Crippen LogP contribution is 2.28. The van der Waals surface area contributed by atoms with Crippen molar-refractivity contribution >= 4 is 17.6 Å². The quantitative estimate of drug-likeness (QED) is 0.720. The van der Waals surface area contributed by atoms with Crippen molar-refractivity contribution < 1.29 is 0 Å². The van der Waals surface area contributed by atoms with Crippen molar-refractivity contribution in [2.75, 3.05) is 5.73 Å². The van der Waals surface area contributed by atoms with E-state index in [1.165, 1.54) is 11.8 Å². The van der Waals surface area contributed by atoms with Crippen molar-refractivity contribution in [1.29, 1.82) is 0 Å². The van der Waals surface area contributed by atoms with E-state index in [1.807, 2.05) is 11.6 Å². The molecule has 2 aromatic heterocycles. The molecule has 0 aliphatic carbocycles. The molecule has 7 heteroatoms. The van der Waals surface area contributed by atoms with Gasteiger partial charge in [0.15, 0.2) is 5.16 Å². The molecule has 0 amide bonds. The number of aromatic amines is 1. The van der Waals surface area contributed by atoms with E-state index in [0.717, 1.165) is 10.1 Å². The molecule has 2 aromatic rings. The summed E-state index contributed by atoms with van der Waals surface area (Å²) in [5.41, 5.74) is 5.61. The van der Waals surface area contributed by atoms with E-state index in [1.54, 1.807) is 12.5 Å². The number of aryl methyl sites for hydroxylation is 1. The number of nitrogens with two attached hydrogens (primary N) is 1. The predicted octanol–water partition coefficient (Wildman–Crippen LogP) is 0.272. The van der Waals surface area contributed by atoms with Crippen LogP contribution in [0, 0.1) is 0 Å². The van der Waals surface area contributed by atoms with Gasteiger partial charge in [-0.1, -0.05) is 0 Å². The number of nitrogen functional groups attached to an aromatic ring is 1. The van der Waals surface area contributed by atoms with Gasteiger partial charge in [0.2, 0.25) is 0 Å². The third-order valence-corrected chi connectivity index (χ3v) is 2.60.